The molecule has 1 nitrogen and oxygen atoms in total. The minimum Gasteiger partial charge on any atom is -0.198 e. The molecule has 0 aromatic heterocycles. The molecule has 0 atom stereocenters. The number of benzene rings is 4. The first-order chi connectivity index (χ1) is 15.3. The molecule has 0 fully saturated rings. The van der Waals surface area contributed by atoms with Gasteiger partial charge in [0.1, 0.15) is 23.2 Å². The zero-order valence-corrected chi connectivity index (χ0v) is 18.6. The fourth-order valence-corrected chi connectivity index (χ4v) is 8.47. The van der Waals surface area contributed by atoms with Crippen molar-refractivity contribution < 1.29 is 0 Å². The lowest BCUT2D eigenvalue weighted by Crippen LogP contribution is -2.32. The Hall–Kier alpha value is -3.20. The Bertz CT molecular complexity index is 1020. The maximum absolute atomic E-state index is 8.79. The molecule has 4 rings (SSSR count). The van der Waals surface area contributed by atoms with Gasteiger partial charge in [-0.05, 0) is 60.4 Å². The van der Waals surface area contributed by atoms with Crippen molar-refractivity contribution in [1.29, 1.82) is 5.26 Å². The van der Waals surface area contributed by atoms with E-state index in [0.717, 1.165) is 19.0 Å². The quantitative estimate of drug-likeness (QED) is 0.252. The second-order valence-corrected chi connectivity index (χ2v) is 11.3. The zero-order chi connectivity index (χ0) is 21.4. The summed E-state index contributed by atoms with van der Waals surface area (Å²) in [5.74, 6) is 0. The minimum absolute atomic E-state index is 0.617. The number of unbranched alkanes of at least 4 members (excludes halogenated alkanes) is 1. The van der Waals surface area contributed by atoms with Crippen LogP contribution in [-0.4, -0.2) is 0 Å². The normalized spacial score (nSPS) is 11.1. The predicted octanol–water partition coefficient (Wildman–Crippen LogP) is 6.03. The molecular formula is C29H27NP+. The third-order valence-electron chi connectivity index (χ3n) is 5.79. The molecular weight excluding hydrogens is 393 g/mol. The Morgan fingerprint density at radius 3 is 1.39 bits per heavy atom. The number of aryl methyl sites for hydroxylation is 1. The summed E-state index contributed by atoms with van der Waals surface area (Å²) in [7, 11) is -1.86. The van der Waals surface area contributed by atoms with E-state index in [1.54, 1.807) is 0 Å². The maximum Gasteiger partial charge on any atom is 0.116 e. The molecule has 31 heavy (non-hydrogen) atoms. The third-order valence-corrected chi connectivity index (χ3v) is 10.2. The van der Waals surface area contributed by atoms with Crippen LogP contribution in [0.1, 0.15) is 24.0 Å². The summed E-state index contributed by atoms with van der Waals surface area (Å²) >= 11 is 0. The lowest BCUT2D eigenvalue weighted by molar-refractivity contribution is 0.850. The summed E-state index contributed by atoms with van der Waals surface area (Å²) in [6, 6.07) is 44.3. The smallest absolute Gasteiger partial charge is 0.116 e. The molecule has 0 aliphatic rings. The first-order valence-electron chi connectivity index (χ1n) is 10.8. The van der Waals surface area contributed by atoms with Crippen molar-refractivity contribution in [3.05, 3.63) is 126 Å². The lowest BCUT2D eigenvalue weighted by Gasteiger charge is -2.28. The van der Waals surface area contributed by atoms with Gasteiger partial charge in [-0.2, -0.15) is 5.26 Å². The molecule has 0 N–H and O–H groups in total. The molecule has 0 amide bonds. The van der Waals surface area contributed by atoms with Crippen LogP contribution in [0.25, 0.3) is 0 Å². The Balaban J connectivity index is 1.80. The van der Waals surface area contributed by atoms with E-state index >= 15 is 0 Å². The van der Waals surface area contributed by atoms with Gasteiger partial charge in [0.2, 0.25) is 0 Å². The molecule has 0 spiro atoms. The van der Waals surface area contributed by atoms with E-state index in [-0.39, 0.29) is 0 Å². The van der Waals surface area contributed by atoms with Crippen LogP contribution in [0.2, 0.25) is 0 Å². The van der Waals surface area contributed by atoms with E-state index in [4.69, 9.17) is 5.26 Å². The van der Waals surface area contributed by atoms with Crippen molar-refractivity contribution >= 4 is 23.2 Å². The van der Waals surface area contributed by atoms with Gasteiger partial charge in [0, 0.05) is 6.42 Å². The van der Waals surface area contributed by atoms with Crippen molar-refractivity contribution in [3.8, 4) is 6.07 Å². The molecule has 2 heteroatoms. The van der Waals surface area contributed by atoms with E-state index < -0.39 is 7.26 Å². The zero-order valence-electron chi connectivity index (χ0n) is 17.7. The number of hydrogen-bond donors (Lipinski definition) is 0. The van der Waals surface area contributed by atoms with Crippen LogP contribution in [0.4, 0.5) is 0 Å². The Labute approximate surface area is 186 Å². The topological polar surface area (TPSA) is 23.8 Å². The van der Waals surface area contributed by atoms with E-state index in [0.29, 0.717) is 6.42 Å². The van der Waals surface area contributed by atoms with E-state index in [9.17, 15) is 0 Å². The summed E-state index contributed by atoms with van der Waals surface area (Å²) < 4.78 is 0. The van der Waals surface area contributed by atoms with Gasteiger partial charge in [0.15, 0.2) is 0 Å². The predicted molar refractivity (Wildman–Crippen MR) is 134 cm³/mol. The first kappa shape index (κ1) is 21.0. The molecule has 0 aliphatic carbocycles. The SMILES string of the molecule is N#CCCCc1ccc(C[P+](c2ccccc2)(c2ccccc2)c2ccccc2)cc1. The van der Waals surface area contributed by atoms with Crippen molar-refractivity contribution in [2.45, 2.75) is 25.4 Å². The second-order valence-electron chi connectivity index (χ2n) is 7.80. The molecule has 0 radical (unpaired) electrons. The van der Waals surface area contributed by atoms with Crippen molar-refractivity contribution in [3.63, 3.8) is 0 Å². The summed E-state index contributed by atoms with van der Waals surface area (Å²) in [4.78, 5) is 0. The summed E-state index contributed by atoms with van der Waals surface area (Å²) in [5, 5.41) is 13.0. The van der Waals surface area contributed by atoms with E-state index in [1.807, 2.05) is 0 Å². The van der Waals surface area contributed by atoms with Gasteiger partial charge < -0.3 is 0 Å². The van der Waals surface area contributed by atoms with Crippen LogP contribution < -0.4 is 15.9 Å². The number of nitriles is 1. The Morgan fingerprint density at radius 2 is 0.968 bits per heavy atom. The van der Waals surface area contributed by atoms with Gasteiger partial charge in [-0.25, -0.2) is 0 Å². The second kappa shape index (κ2) is 10.2. The van der Waals surface area contributed by atoms with Crippen LogP contribution in [0.3, 0.4) is 0 Å². The third kappa shape index (κ3) is 4.77. The van der Waals surface area contributed by atoms with Crippen LogP contribution in [0, 0.1) is 11.3 Å². The molecule has 0 saturated heterocycles. The minimum atomic E-state index is -1.86. The van der Waals surface area contributed by atoms with Crippen molar-refractivity contribution in [1.82, 2.24) is 0 Å². The lowest BCUT2D eigenvalue weighted by atomic mass is 10.1. The molecule has 0 aliphatic heterocycles. The molecule has 152 valence electrons. The number of rotatable bonds is 8. The van der Waals surface area contributed by atoms with Crippen molar-refractivity contribution in [2.24, 2.45) is 0 Å². The van der Waals surface area contributed by atoms with Crippen LogP contribution in [-0.2, 0) is 12.6 Å². The summed E-state index contributed by atoms with van der Waals surface area (Å²) in [6.45, 7) is 0. The highest BCUT2D eigenvalue weighted by molar-refractivity contribution is 7.95. The Kier molecular flexibility index (Phi) is 6.93. The molecule has 0 saturated carbocycles. The molecule has 0 bridgehead atoms. The van der Waals surface area contributed by atoms with E-state index in [1.165, 1.54) is 27.0 Å². The Morgan fingerprint density at radius 1 is 0.548 bits per heavy atom. The van der Waals surface area contributed by atoms with Gasteiger partial charge in [-0.15, -0.1) is 0 Å². The van der Waals surface area contributed by atoms with Crippen molar-refractivity contribution in [2.75, 3.05) is 0 Å². The van der Waals surface area contributed by atoms with Crippen LogP contribution >= 0.6 is 7.26 Å². The van der Waals surface area contributed by atoms with Gasteiger partial charge in [0.25, 0.3) is 0 Å². The first-order valence-corrected chi connectivity index (χ1v) is 12.8. The highest BCUT2D eigenvalue weighted by Crippen LogP contribution is 2.58. The van der Waals surface area contributed by atoms with Gasteiger partial charge in [-0.3, -0.25) is 0 Å². The summed E-state index contributed by atoms with van der Waals surface area (Å²) in [5.41, 5.74) is 2.66. The van der Waals surface area contributed by atoms with Crippen LogP contribution in [0.15, 0.2) is 115 Å². The fraction of sp³-hybridized carbons (Fsp3) is 0.138. The molecule has 4 aromatic rings. The van der Waals surface area contributed by atoms with Gasteiger partial charge in [0.05, 0.1) is 12.2 Å². The van der Waals surface area contributed by atoms with Gasteiger partial charge >= 0.3 is 0 Å². The average Bonchev–Trinajstić information content (AvgIpc) is 2.85. The van der Waals surface area contributed by atoms with Crippen LogP contribution in [0.5, 0.6) is 0 Å². The maximum atomic E-state index is 8.79. The van der Waals surface area contributed by atoms with E-state index in [2.05, 4.69) is 121 Å². The average molecular weight is 421 g/mol. The number of hydrogen-bond acceptors (Lipinski definition) is 1. The number of nitrogens with zero attached hydrogens (tertiary/aromatic N) is 1. The highest BCUT2D eigenvalue weighted by atomic mass is 31.2. The molecule has 4 aromatic carbocycles. The molecule has 0 heterocycles. The molecule has 0 unspecified atom stereocenters. The van der Waals surface area contributed by atoms with Gasteiger partial charge in [-0.1, -0.05) is 78.9 Å². The fourth-order valence-electron chi connectivity index (χ4n) is 4.23. The summed E-state index contributed by atoms with van der Waals surface area (Å²) in [6.07, 6.45) is 3.49. The highest BCUT2D eigenvalue weighted by Gasteiger charge is 2.45. The largest absolute Gasteiger partial charge is 0.198 e. The monoisotopic (exact) mass is 420 g/mol. The standard InChI is InChI=1S/C29H27NP/c30-23-11-10-12-25-19-21-26(22-20-25)24-31(27-13-4-1-5-14-27,28-15-6-2-7-16-28)29-17-8-3-9-18-29/h1-9,13-22H,10-12,24H2/q+1.